The minimum Gasteiger partial charge on any atom is -0.459 e. The molecule has 1 fully saturated rings. The van der Waals surface area contributed by atoms with Gasteiger partial charge in [0.2, 0.25) is 10.0 Å². The molecule has 174 valence electrons. The Hall–Kier alpha value is -3.41. The Bertz CT molecular complexity index is 1540. The second kappa shape index (κ2) is 8.42. The molecule has 1 atom stereocenters. The number of nitriles is 1. The molecule has 5 rings (SSSR count). The van der Waals surface area contributed by atoms with E-state index in [4.69, 9.17) is 4.42 Å². The normalized spacial score (nSPS) is 19.3. The molecule has 0 bridgehead atoms. The third kappa shape index (κ3) is 4.13. The van der Waals surface area contributed by atoms with Crippen molar-refractivity contribution in [2.24, 2.45) is 5.41 Å². The van der Waals surface area contributed by atoms with E-state index in [-0.39, 0.29) is 23.8 Å². The van der Waals surface area contributed by atoms with Crippen molar-refractivity contribution >= 4 is 37.7 Å². The van der Waals surface area contributed by atoms with Gasteiger partial charge in [-0.1, -0.05) is 29.8 Å². The first kappa shape index (κ1) is 22.4. The molecule has 0 spiro atoms. The highest BCUT2D eigenvalue weighted by Gasteiger charge is 2.38. The molecule has 0 radical (unpaired) electrons. The third-order valence-corrected chi connectivity index (χ3v) is 8.25. The SMILES string of the molecule is Cc1ccc2oc(CNc3nc4ccccc4cc3S(=O)(=O)N3CCCC(C)(C#N)C3)cc2c1. The van der Waals surface area contributed by atoms with Crippen molar-refractivity contribution in [3.05, 3.63) is 65.9 Å². The van der Waals surface area contributed by atoms with Crippen LogP contribution in [0.1, 0.15) is 31.1 Å². The van der Waals surface area contributed by atoms with Crippen LogP contribution < -0.4 is 5.32 Å². The fourth-order valence-electron chi connectivity index (χ4n) is 4.52. The van der Waals surface area contributed by atoms with E-state index in [2.05, 4.69) is 22.4 Å². The number of fused-ring (bicyclic) bond motifs is 2. The molecule has 7 nitrogen and oxygen atoms in total. The number of rotatable bonds is 5. The van der Waals surface area contributed by atoms with Gasteiger partial charge in [0.15, 0.2) is 0 Å². The maximum atomic E-state index is 13.8. The number of hydrogen-bond donors (Lipinski definition) is 1. The smallest absolute Gasteiger partial charge is 0.246 e. The number of aromatic nitrogens is 1. The van der Waals surface area contributed by atoms with Crippen molar-refractivity contribution in [2.45, 2.75) is 38.1 Å². The Morgan fingerprint density at radius 2 is 2.00 bits per heavy atom. The molecule has 0 amide bonds. The van der Waals surface area contributed by atoms with Crippen molar-refractivity contribution in [3.8, 4) is 6.07 Å². The van der Waals surface area contributed by atoms with E-state index in [1.165, 1.54) is 4.31 Å². The van der Waals surface area contributed by atoms with Crippen LogP contribution in [-0.4, -0.2) is 30.8 Å². The molecule has 1 aliphatic rings. The predicted molar refractivity (Wildman–Crippen MR) is 132 cm³/mol. The highest BCUT2D eigenvalue weighted by atomic mass is 32.2. The summed E-state index contributed by atoms with van der Waals surface area (Å²) in [4.78, 5) is 4.76. The van der Waals surface area contributed by atoms with Gasteiger partial charge in [-0.3, -0.25) is 0 Å². The minimum absolute atomic E-state index is 0.111. The molecular weight excluding hydrogens is 448 g/mol. The van der Waals surface area contributed by atoms with Crippen LogP contribution in [-0.2, 0) is 16.6 Å². The molecule has 2 aromatic heterocycles. The van der Waals surface area contributed by atoms with Crippen molar-refractivity contribution < 1.29 is 12.8 Å². The lowest BCUT2D eigenvalue weighted by atomic mass is 9.85. The molecule has 3 heterocycles. The van der Waals surface area contributed by atoms with Gasteiger partial charge in [0, 0.05) is 23.9 Å². The third-order valence-electron chi connectivity index (χ3n) is 6.39. The van der Waals surface area contributed by atoms with Gasteiger partial charge in [0.05, 0.1) is 23.5 Å². The summed E-state index contributed by atoms with van der Waals surface area (Å²) in [7, 11) is -3.87. The number of piperidine rings is 1. The predicted octanol–water partition coefficient (Wildman–Crippen LogP) is 5.22. The molecule has 1 unspecified atom stereocenters. The molecule has 0 aliphatic carbocycles. The molecule has 8 heteroatoms. The topological polar surface area (TPSA) is 99.2 Å². The zero-order chi connectivity index (χ0) is 23.9. The van der Waals surface area contributed by atoms with Crippen molar-refractivity contribution in [1.29, 1.82) is 5.26 Å². The number of anilines is 1. The maximum absolute atomic E-state index is 13.8. The number of furan rings is 1. The van der Waals surface area contributed by atoms with Gasteiger partial charge >= 0.3 is 0 Å². The quantitative estimate of drug-likeness (QED) is 0.426. The summed E-state index contributed by atoms with van der Waals surface area (Å²) < 4.78 is 34.9. The zero-order valence-electron chi connectivity index (χ0n) is 19.2. The van der Waals surface area contributed by atoms with E-state index in [1.54, 1.807) is 6.07 Å². The standard InChI is InChI=1S/C26H26N4O3S/c1-18-8-9-23-20(12-18)13-21(33-23)15-28-25-24(14-19-6-3-4-7-22(19)29-25)34(31,32)30-11-5-10-26(2,16-27)17-30/h3-4,6-9,12-14H,5,10-11,15,17H2,1-2H3,(H,28,29). The Kier molecular flexibility index (Phi) is 5.54. The molecule has 1 N–H and O–H groups in total. The summed E-state index contributed by atoms with van der Waals surface area (Å²) >= 11 is 0. The number of benzene rings is 2. The first-order chi connectivity index (χ1) is 16.3. The Morgan fingerprint density at radius 3 is 2.82 bits per heavy atom. The molecule has 1 saturated heterocycles. The first-order valence-electron chi connectivity index (χ1n) is 11.3. The number of hydrogen-bond acceptors (Lipinski definition) is 6. The van der Waals surface area contributed by atoms with Crippen molar-refractivity contribution in [3.63, 3.8) is 0 Å². The number of nitrogens with zero attached hydrogens (tertiary/aromatic N) is 3. The number of sulfonamides is 1. The summed E-state index contributed by atoms with van der Waals surface area (Å²) in [6.07, 6.45) is 1.33. The average molecular weight is 475 g/mol. The summed E-state index contributed by atoms with van der Waals surface area (Å²) in [5.41, 5.74) is 1.93. The largest absolute Gasteiger partial charge is 0.459 e. The minimum atomic E-state index is -3.87. The van der Waals surface area contributed by atoms with E-state index < -0.39 is 15.4 Å². The summed E-state index contributed by atoms with van der Waals surface area (Å²) in [6, 6.07) is 19.3. The van der Waals surface area contributed by atoms with E-state index in [1.807, 2.05) is 56.3 Å². The fourth-order valence-corrected chi connectivity index (χ4v) is 6.26. The molecular formula is C26H26N4O3S. The van der Waals surface area contributed by atoms with Gasteiger partial charge in [0.1, 0.15) is 22.1 Å². The van der Waals surface area contributed by atoms with E-state index in [0.29, 0.717) is 30.7 Å². The van der Waals surface area contributed by atoms with Crippen LogP contribution in [0.2, 0.25) is 0 Å². The van der Waals surface area contributed by atoms with E-state index >= 15 is 0 Å². The molecule has 34 heavy (non-hydrogen) atoms. The van der Waals surface area contributed by atoms with Crippen molar-refractivity contribution in [1.82, 2.24) is 9.29 Å². The Morgan fingerprint density at radius 1 is 1.18 bits per heavy atom. The van der Waals surface area contributed by atoms with Crippen LogP contribution in [0.5, 0.6) is 0 Å². The number of aryl methyl sites for hydroxylation is 1. The van der Waals surface area contributed by atoms with Crippen LogP contribution in [0.3, 0.4) is 0 Å². The highest BCUT2D eigenvalue weighted by Crippen LogP contribution is 2.34. The summed E-state index contributed by atoms with van der Waals surface area (Å²) in [5.74, 6) is 0.966. The van der Waals surface area contributed by atoms with Gasteiger partial charge in [0.25, 0.3) is 0 Å². The van der Waals surface area contributed by atoms with Crippen LogP contribution in [0, 0.1) is 23.7 Å². The second-order valence-electron chi connectivity index (χ2n) is 9.25. The van der Waals surface area contributed by atoms with Gasteiger partial charge < -0.3 is 9.73 Å². The Labute approximate surface area is 199 Å². The summed E-state index contributed by atoms with van der Waals surface area (Å²) in [5, 5.41) is 14.5. The maximum Gasteiger partial charge on any atom is 0.246 e. The molecule has 0 saturated carbocycles. The van der Waals surface area contributed by atoms with Crippen LogP contribution >= 0.6 is 0 Å². The van der Waals surface area contributed by atoms with Gasteiger partial charge in [-0.15, -0.1) is 0 Å². The van der Waals surface area contributed by atoms with Gasteiger partial charge in [-0.25, -0.2) is 13.4 Å². The van der Waals surface area contributed by atoms with Gasteiger partial charge in [-0.05, 0) is 57.0 Å². The van der Waals surface area contributed by atoms with Crippen molar-refractivity contribution in [2.75, 3.05) is 18.4 Å². The zero-order valence-corrected chi connectivity index (χ0v) is 20.0. The lowest BCUT2D eigenvalue weighted by molar-refractivity contribution is 0.223. The number of nitrogens with one attached hydrogen (secondary N) is 1. The van der Waals surface area contributed by atoms with Crippen LogP contribution in [0.4, 0.5) is 5.82 Å². The number of para-hydroxylation sites is 1. The van der Waals surface area contributed by atoms with E-state index in [9.17, 15) is 13.7 Å². The van der Waals surface area contributed by atoms with E-state index in [0.717, 1.165) is 21.9 Å². The monoisotopic (exact) mass is 474 g/mol. The lowest BCUT2D eigenvalue weighted by Crippen LogP contribution is -2.44. The average Bonchev–Trinajstić information content (AvgIpc) is 3.24. The summed E-state index contributed by atoms with van der Waals surface area (Å²) in [6.45, 7) is 4.68. The fraction of sp³-hybridized carbons (Fsp3) is 0.308. The van der Waals surface area contributed by atoms with Crippen LogP contribution in [0.15, 0.2) is 63.9 Å². The highest BCUT2D eigenvalue weighted by molar-refractivity contribution is 7.89. The lowest BCUT2D eigenvalue weighted by Gasteiger charge is -2.35. The molecule has 4 aromatic rings. The first-order valence-corrected chi connectivity index (χ1v) is 12.8. The molecule has 2 aromatic carbocycles. The second-order valence-corrected chi connectivity index (χ2v) is 11.2. The van der Waals surface area contributed by atoms with Crippen LogP contribution in [0.25, 0.3) is 21.9 Å². The Balaban J connectivity index is 1.52. The number of pyridine rings is 1. The van der Waals surface area contributed by atoms with Gasteiger partial charge in [-0.2, -0.15) is 9.57 Å². The molecule has 1 aliphatic heterocycles.